The molecule has 1 unspecified atom stereocenters. The second-order valence-electron chi connectivity index (χ2n) is 6.44. The molecule has 1 N–H and O–H groups in total. The van der Waals surface area contributed by atoms with Crippen LogP contribution in [0.25, 0.3) is 11.3 Å². The second-order valence-corrected chi connectivity index (χ2v) is 7.85. The van der Waals surface area contributed by atoms with Crippen molar-refractivity contribution in [3.63, 3.8) is 0 Å². The molecule has 29 heavy (non-hydrogen) atoms. The molecule has 154 valence electrons. The maximum absolute atomic E-state index is 11.7. The van der Waals surface area contributed by atoms with Crippen LogP contribution in [-0.4, -0.2) is 30.2 Å². The molecule has 2 aromatic carbocycles. The van der Waals surface area contributed by atoms with Crippen LogP contribution >= 0.6 is 11.8 Å². The van der Waals surface area contributed by atoms with Gasteiger partial charge >= 0.3 is 0 Å². The van der Waals surface area contributed by atoms with E-state index in [0.717, 1.165) is 39.7 Å². The number of hydrogen-bond acceptors (Lipinski definition) is 5. The highest BCUT2D eigenvalue weighted by atomic mass is 32.2. The molecule has 0 radical (unpaired) electrons. The summed E-state index contributed by atoms with van der Waals surface area (Å²) in [5.41, 5.74) is 5.42. The zero-order valence-electron chi connectivity index (χ0n) is 18.1. The Kier molecular flexibility index (Phi) is 8.52. The number of benzene rings is 2. The number of allylic oxidation sites excluding steroid dienone is 1. The van der Waals surface area contributed by atoms with E-state index in [1.165, 1.54) is 5.57 Å². The van der Waals surface area contributed by atoms with E-state index in [-0.39, 0.29) is 11.0 Å². The SMILES string of the molecule is CC.CNc1ccc(C2=C(c3ccc(OC)cc3)N=C(SC(C)C(C)=O)C2)cc1. The molecule has 4 nitrogen and oxygen atoms in total. The quantitative estimate of drug-likeness (QED) is 0.621. The van der Waals surface area contributed by atoms with Crippen molar-refractivity contribution in [1.82, 2.24) is 0 Å². The van der Waals surface area contributed by atoms with E-state index in [1.54, 1.807) is 25.8 Å². The molecule has 0 fully saturated rings. The van der Waals surface area contributed by atoms with Crippen LogP contribution < -0.4 is 10.1 Å². The fourth-order valence-corrected chi connectivity index (χ4v) is 3.83. The summed E-state index contributed by atoms with van der Waals surface area (Å²) < 4.78 is 5.27. The molecule has 0 bridgehead atoms. The number of anilines is 1. The number of carbonyl (C=O) groups excluding carboxylic acids is 1. The largest absolute Gasteiger partial charge is 0.497 e. The van der Waals surface area contributed by atoms with Crippen LogP contribution in [0.2, 0.25) is 0 Å². The fraction of sp³-hybridized carbons (Fsp3) is 0.333. The molecule has 1 heterocycles. The Labute approximate surface area is 178 Å². The van der Waals surface area contributed by atoms with Crippen molar-refractivity contribution in [3.8, 4) is 5.75 Å². The Hall–Kier alpha value is -2.53. The molecule has 1 atom stereocenters. The third-order valence-corrected chi connectivity index (χ3v) is 5.81. The molecule has 2 aromatic rings. The van der Waals surface area contributed by atoms with Crippen molar-refractivity contribution in [3.05, 3.63) is 59.7 Å². The first-order valence-electron chi connectivity index (χ1n) is 9.92. The van der Waals surface area contributed by atoms with Gasteiger partial charge in [0, 0.05) is 24.7 Å². The van der Waals surface area contributed by atoms with Gasteiger partial charge in [-0.2, -0.15) is 0 Å². The molecule has 1 aliphatic heterocycles. The number of carbonyl (C=O) groups is 1. The zero-order chi connectivity index (χ0) is 21.4. The van der Waals surface area contributed by atoms with Crippen molar-refractivity contribution in [2.45, 2.75) is 39.4 Å². The summed E-state index contributed by atoms with van der Waals surface area (Å²) in [4.78, 5) is 16.6. The number of thioether (sulfide) groups is 1. The number of Topliss-reactive ketones (excluding diaryl/α,β-unsaturated/α-hetero) is 1. The van der Waals surface area contributed by atoms with E-state index >= 15 is 0 Å². The van der Waals surface area contributed by atoms with E-state index in [4.69, 9.17) is 9.73 Å². The highest BCUT2D eigenvalue weighted by Gasteiger charge is 2.23. The first kappa shape index (κ1) is 22.8. The van der Waals surface area contributed by atoms with Crippen molar-refractivity contribution >= 4 is 39.5 Å². The predicted molar refractivity (Wildman–Crippen MR) is 127 cm³/mol. The van der Waals surface area contributed by atoms with Crippen molar-refractivity contribution < 1.29 is 9.53 Å². The number of methoxy groups -OCH3 is 1. The third-order valence-electron chi connectivity index (χ3n) is 4.62. The van der Waals surface area contributed by atoms with Gasteiger partial charge in [-0.1, -0.05) is 37.7 Å². The highest BCUT2D eigenvalue weighted by Crippen LogP contribution is 2.39. The summed E-state index contributed by atoms with van der Waals surface area (Å²) >= 11 is 1.55. The minimum atomic E-state index is -0.0908. The van der Waals surface area contributed by atoms with Gasteiger partial charge in [0.05, 0.1) is 23.1 Å². The molecular weight excluding hydrogens is 380 g/mol. The second kappa shape index (κ2) is 10.9. The lowest BCUT2D eigenvalue weighted by molar-refractivity contribution is -0.116. The van der Waals surface area contributed by atoms with Gasteiger partial charge in [-0.15, -0.1) is 0 Å². The molecule has 3 rings (SSSR count). The van der Waals surface area contributed by atoms with E-state index < -0.39 is 0 Å². The Morgan fingerprint density at radius 3 is 2.17 bits per heavy atom. The topological polar surface area (TPSA) is 50.7 Å². The normalized spacial score (nSPS) is 13.9. The minimum absolute atomic E-state index is 0.0908. The standard InChI is InChI=1S/C22H24N2O2S.C2H6/c1-14(25)15(2)27-21-13-20(16-5-9-18(23-3)10-6-16)22(24-21)17-7-11-19(26-4)12-8-17;1-2/h5-12,15,23H,13H2,1-4H3;1-2H3. The molecule has 0 amide bonds. The van der Waals surface area contributed by atoms with E-state index in [0.29, 0.717) is 0 Å². The van der Waals surface area contributed by atoms with E-state index in [2.05, 4.69) is 29.6 Å². The van der Waals surface area contributed by atoms with Gasteiger partial charge in [-0.25, -0.2) is 4.99 Å². The molecule has 5 heteroatoms. The van der Waals surface area contributed by atoms with Crippen LogP contribution in [0.5, 0.6) is 5.75 Å². The van der Waals surface area contributed by atoms with Gasteiger partial charge in [-0.05, 0) is 61.4 Å². The third kappa shape index (κ3) is 5.73. The Bertz CT molecular complexity index is 884. The number of ether oxygens (including phenoxy) is 1. The van der Waals surface area contributed by atoms with Crippen LogP contribution in [-0.2, 0) is 4.79 Å². The van der Waals surface area contributed by atoms with Crippen LogP contribution in [0.15, 0.2) is 53.5 Å². The summed E-state index contributed by atoms with van der Waals surface area (Å²) in [6, 6.07) is 16.3. The summed E-state index contributed by atoms with van der Waals surface area (Å²) in [5, 5.41) is 4.04. The minimum Gasteiger partial charge on any atom is -0.497 e. The lowest BCUT2D eigenvalue weighted by atomic mass is 9.99. The van der Waals surface area contributed by atoms with Gasteiger partial charge in [0.25, 0.3) is 0 Å². The summed E-state index contributed by atoms with van der Waals surface area (Å²) in [6.45, 7) is 7.56. The maximum atomic E-state index is 11.7. The smallest absolute Gasteiger partial charge is 0.142 e. The molecule has 0 saturated heterocycles. The number of ketones is 1. The van der Waals surface area contributed by atoms with E-state index in [1.807, 2.05) is 52.1 Å². The van der Waals surface area contributed by atoms with Crippen molar-refractivity contribution in [2.24, 2.45) is 4.99 Å². The van der Waals surface area contributed by atoms with Gasteiger partial charge in [0.2, 0.25) is 0 Å². The first-order chi connectivity index (χ1) is 14.0. The average Bonchev–Trinajstić information content (AvgIpc) is 3.19. The fourth-order valence-electron chi connectivity index (χ4n) is 2.89. The van der Waals surface area contributed by atoms with E-state index in [9.17, 15) is 4.79 Å². The molecule has 0 saturated carbocycles. The van der Waals surface area contributed by atoms with Crippen LogP contribution in [0.4, 0.5) is 5.69 Å². The Morgan fingerprint density at radius 1 is 1.07 bits per heavy atom. The van der Waals surface area contributed by atoms with Gasteiger partial charge < -0.3 is 10.1 Å². The van der Waals surface area contributed by atoms with Crippen LogP contribution in [0, 0.1) is 0 Å². The summed E-state index contributed by atoms with van der Waals surface area (Å²) in [6.07, 6.45) is 0.739. The number of hydrogen-bond donors (Lipinski definition) is 1. The maximum Gasteiger partial charge on any atom is 0.142 e. The van der Waals surface area contributed by atoms with Gasteiger partial charge in [0.15, 0.2) is 0 Å². The zero-order valence-corrected chi connectivity index (χ0v) is 18.9. The van der Waals surface area contributed by atoms with Gasteiger partial charge in [-0.3, -0.25) is 4.79 Å². The predicted octanol–water partition coefficient (Wildman–Crippen LogP) is 6.14. The lowest BCUT2D eigenvalue weighted by Gasteiger charge is -2.09. The molecule has 0 spiro atoms. The monoisotopic (exact) mass is 410 g/mol. The van der Waals surface area contributed by atoms with Crippen LogP contribution in [0.1, 0.15) is 45.2 Å². The highest BCUT2D eigenvalue weighted by molar-refractivity contribution is 8.15. The molecule has 0 aliphatic carbocycles. The van der Waals surface area contributed by atoms with Gasteiger partial charge in [0.1, 0.15) is 11.5 Å². The number of nitrogens with zero attached hydrogens (tertiary/aromatic N) is 1. The number of nitrogens with one attached hydrogen (secondary N) is 1. The average molecular weight is 411 g/mol. The molecular formula is C24H30N2O2S. The molecule has 1 aliphatic rings. The van der Waals surface area contributed by atoms with Crippen molar-refractivity contribution in [1.29, 1.82) is 0 Å². The summed E-state index contributed by atoms with van der Waals surface area (Å²) in [5.74, 6) is 0.988. The van der Waals surface area contributed by atoms with Crippen LogP contribution in [0.3, 0.4) is 0 Å². The molecule has 0 aromatic heterocycles. The lowest BCUT2D eigenvalue weighted by Crippen LogP contribution is -2.10. The Balaban J connectivity index is 0.00000145. The van der Waals surface area contributed by atoms with Crippen molar-refractivity contribution in [2.75, 3.05) is 19.5 Å². The Morgan fingerprint density at radius 2 is 1.66 bits per heavy atom. The first-order valence-corrected chi connectivity index (χ1v) is 10.8. The number of aliphatic imine (C=N–C) groups is 1. The number of rotatable bonds is 6. The summed E-state index contributed by atoms with van der Waals surface area (Å²) in [7, 11) is 3.57.